The SMILES string of the molecule is CCC(C)(CC)C(=O)/C=C(\O)C(C)(CC)CC.Cc1c(-c2sc3c(-c4[c-]c5ccccc5c(C(C)(C)C)c4)nccc3c2C)oc2cc(CC(C)(C)C)ccc12.[Ir]. The summed E-state index contributed by atoms with van der Waals surface area (Å²) in [5.74, 6) is 1.26. The van der Waals surface area contributed by atoms with Crippen molar-refractivity contribution in [3.63, 3.8) is 0 Å². The number of carbonyl (C=O) groups is 1. The summed E-state index contributed by atoms with van der Waals surface area (Å²) >= 11 is 1.78. The zero-order valence-electron chi connectivity index (χ0n) is 36.8. The number of thiophene rings is 1. The van der Waals surface area contributed by atoms with Gasteiger partial charge in [-0.25, -0.2) is 0 Å². The van der Waals surface area contributed by atoms with Crippen LogP contribution in [0.3, 0.4) is 0 Å². The van der Waals surface area contributed by atoms with Crippen LogP contribution in [0.1, 0.15) is 131 Å². The van der Waals surface area contributed by atoms with Gasteiger partial charge in [0.1, 0.15) is 17.1 Å². The van der Waals surface area contributed by atoms with Crippen molar-refractivity contribution >= 4 is 48.9 Å². The Labute approximate surface area is 359 Å². The number of benzene rings is 3. The maximum atomic E-state index is 12.2. The number of hydrogen-bond acceptors (Lipinski definition) is 5. The number of ketones is 1. The maximum absolute atomic E-state index is 12.2. The third kappa shape index (κ3) is 9.67. The molecule has 6 heteroatoms. The molecule has 57 heavy (non-hydrogen) atoms. The van der Waals surface area contributed by atoms with Crippen LogP contribution >= 0.6 is 11.3 Å². The Kier molecular flexibility index (Phi) is 14.3. The Balaban J connectivity index is 0.000000341. The van der Waals surface area contributed by atoms with Crippen molar-refractivity contribution in [1.82, 2.24) is 4.98 Å². The number of aliphatic hydroxyl groups excluding tert-OH is 1. The van der Waals surface area contributed by atoms with E-state index in [0.717, 1.165) is 60.1 Å². The van der Waals surface area contributed by atoms with Gasteiger partial charge in [0.25, 0.3) is 0 Å². The number of aliphatic hydroxyl groups is 1. The van der Waals surface area contributed by atoms with Gasteiger partial charge in [0, 0.05) is 64.6 Å². The number of pyridine rings is 1. The number of aryl methyl sites for hydroxylation is 2. The van der Waals surface area contributed by atoms with E-state index in [4.69, 9.17) is 9.40 Å². The second-order valence-electron chi connectivity index (χ2n) is 18.5. The maximum Gasteiger partial charge on any atom is 0.164 e. The molecule has 6 rings (SSSR count). The molecule has 0 unspecified atom stereocenters. The Bertz CT molecular complexity index is 2390. The number of nitrogens with zero attached hydrogens (tertiary/aromatic N) is 1. The van der Waals surface area contributed by atoms with Gasteiger partial charge in [0.2, 0.25) is 0 Å². The Hall–Kier alpha value is -3.57. The zero-order valence-corrected chi connectivity index (χ0v) is 40.1. The summed E-state index contributed by atoms with van der Waals surface area (Å²) in [6, 6.07) is 23.4. The second kappa shape index (κ2) is 17.7. The summed E-state index contributed by atoms with van der Waals surface area (Å²) in [5, 5.41) is 14.9. The molecule has 0 bridgehead atoms. The minimum atomic E-state index is -0.337. The number of allylic oxidation sites excluding steroid dienone is 2. The van der Waals surface area contributed by atoms with Gasteiger partial charge in [0.15, 0.2) is 5.78 Å². The molecule has 0 aliphatic heterocycles. The van der Waals surface area contributed by atoms with Crippen LogP contribution in [0.25, 0.3) is 53.7 Å². The minimum Gasteiger partial charge on any atom is -0.512 e. The average Bonchev–Trinajstić information content (AvgIpc) is 3.67. The van der Waals surface area contributed by atoms with E-state index < -0.39 is 0 Å². The van der Waals surface area contributed by atoms with Crippen LogP contribution in [0, 0.1) is 36.2 Å². The summed E-state index contributed by atoms with van der Waals surface area (Å²) in [7, 11) is 0. The first kappa shape index (κ1) is 46.1. The van der Waals surface area contributed by atoms with Gasteiger partial charge < -0.3 is 9.52 Å². The number of furan rings is 1. The van der Waals surface area contributed by atoms with Gasteiger partial charge in [-0.05, 0) is 85.4 Å². The average molecular weight is 963 g/mol. The molecule has 307 valence electrons. The third-order valence-electron chi connectivity index (χ3n) is 12.2. The van der Waals surface area contributed by atoms with E-state index in [9.17, 15) is 9.90 Å². The molecule has 0 spiro atoms. The van der Waals surface area contributed by atoms with E-state index in [1.807, 2.05) is 47.7 Å². The molecule has 0 saturated carbocycles. The molecule has 0 aliphatic carbocycles. The van der Waals surface area contributed by atoms with E-state index >= 15 is 0 Å². The van der Waals surface area contributed by atoms with E-state index in [0.29, 0.717) is 0 Å². The largest absolute Gasteiger partial charge is 0.512 e. The van der Waals surface area contributed by atoms with Crippen LogP contribution in [0.5, 0.6) is 0 Å². The predicted molar refractivity (Wildman–Crippen MR) is 241 cm³/mol. The number of fused-ring (bicyclic) bond motifs is 3. The van der Waals surface area contributed by atoms with Crippen LogP contribution in [0.4, 0.5) is 0 Å². The molecule has 4 nitrogen and oxygen atoms in total. The fraction of sp³-hybridized carbons (Fsp3) is 0.451. The molecule has 0 atom stereocenters. The van der Waals surface area contributed by atoms with Gasteiger partial charge in [-0.1, -0.05) is 124 Å². The molecule has 6 aromatic rings. The Morgan fingerprint density at radius 1 is 0.807 bits per heavy atom. The Morgan fingerprint density at radius 3 is 2.04 bits per heavy atom. The number of rotatable bonds is 10. The fourth-order valence-electron chi connectivity index (χ4n) is 7.43. The topological polar surface area (TPSA) is 63.3 Å². The summed E-state index contributed by atoms with van der Waals surface area (Å²) in [5.41, 5.74) is 7.72. The molecule has 0 amide bonds. The molecule has 0 fully saturated rings. The molecule has 1 radical (unpaired) electrons. The first-order chi connectivity index (χ1) is 26.2. The van der Waals surface area contributed by atoms with Gasteiger partial charge in [-0.3, -0.25) is 9.78 Å². The zero-order chi connectivity index (χ0) is 41.4. The van der Waals surface area contributed by atoms with Crippen LogP contribution in [0.15, 0.2) is 77.0 Å². The molecule has 3 heterocycles. The quantitative estimate of drug-likeness (QED) is 0.0844. The first-order valence-corrected chi connectivity index (χ1v) is 21.3. The normalized spacial score (nSPS) is 12.8. The van der Waals surface area contributed by atoms with Crippen molar-refractivity contribution < 1.29 is 34.4 Å². The summed E-state index contributed by atoms with van der Waals surface area (Å²) in [4.78, 5) is 18.3. The Morgan fingerprint density at radius 2 is 1.44 bits per heavy atom. The van der Waals surface area contributed by atoms with Crippen LogP contribution < -0.4 is 0 Å². The van der Waals surface area contributed by atoms with Crippen LogP contribution in [-0.4, -0.2) is 15.9 Å². The fourth-order valence-corrected chi connectivity index (χ4v) is 8.77. The van der Waals surface area contributed by atoms with Crippen molar-refractivity contribution in [2.75, 3.05) is 0 Å². The van der Waals surface area contributed by atoms with Gasteiger partial charge in [0.05, 0.1) is 4.88 Å². The summed E-state index contributed by atoms with van der Waals surface area (Å²) in [6.07, 6.45) is 7.71. The molecule has 0 aliphatic rings. The number of hydrogen-bond donors (Lipinski definition) is 1. The summed E-state index contributed by atoms with van der Waals surface area (Å²) in [6.45, 7) is 30.1. The van der Waals surface area contributed by atoms with Gasteiger partial charge >= 0.3 is 0 Å². The monoisotopic (exact) mass is 963 g/mol. The van der Waals surface area contributed by atoms with E-state index in [1.165, 1.54) is 54.1 Å². The molecule has 3 aromatic carbocycles. The first-order valence-electron chi connectivity index (χ1n) is 20.5. The molecule has 0 saturated heterocycles. The summed E-state index contributed by atoms with van der Waals surface area (Å²) < 4.78 is 7.78. The van der Waals surface area contributed by atoms with Crippen LogP contribution in [-0.2, 0) is 36.7 Å². The van der Waals surface area contributed by atoms with Gasteiger partial charge in [-0.2, -0.15) is 0 Å². The van der Waals surface area contributed by atoms with Crippen molar-refractivity contribution in [3.8, 4) is 21.9 Å². The van der Waals surface area contributed by atoms with E-state index in [-0.39, 0.29) is 53.3 Å². The predicted octanol–water partition coefficient (Wildman–Crippen LogP) is 15.5. The van der Waals surface area contributed by atoms with Crippen molar-refractivity contribution in [1.29, 1.82) is 0 Å². The number of carbonyl (C=O) groups excluding carboxylic acids is 1. The third-order valence-corrected chi connectivity index (χ3v) is 13.6. The molecular weight excluding hydrogens is 899 g/mol. The van der Waals surface area contributed by atoms with Gasteiger partial charge in [-0.15, -0.1) is 40.5 Å². The molecular formula is C51H64IrNO3S-. The van der Waals surface area contributed by atoms with E-state index in [2.05, 4.69) is 116 Å². The van der Waals surface area contributed by atoms with E-state index in [1.54, 1.807) is 11.3 Å². The number of aromatic nitrogens is 1. The van der Waals surface area contributed by atoms with Crippen LogP contribution in [0.2, 0.25) is 0 Å². The molecule has 3 aromatic heterocycles. The minimum absolute atomic E-state index is 0. The van der Waals surface area contributed by atoms with Crippen molar-refractivity contribution in [2.24, 2.45) is 16.2 Å². The second-order valence-corrected chi connectivity index (χ2v) is 19.6. The smallest absolute Gasteiger partial charge is 0.164 e. The van der Waals surface area contributed by atoms with Crippen molar-refractivity contribution in [2.45, 2.75) is 134 Å². The standard InChI is InChI=1S/C36H36NOS.C15H28O2.Ir/c1-21-26-14-13-23(20-35(3,4)5)17-30(26)38-32(21)33-22(2)27-15-16-37-31(34(27)39-33)25-18-24-11-9-10-12-28(24)29(19-25)36(6,7)8;1-7-14(5,8-2)12(16)11-13(17)15(6,9-3)10-4;/h9-17,19H,20H2,1-8H3;11,16H,7-10H2,1-6H3;/q-1;;/b;12-11-;. The molecule has 1 N–H and O–H groups in total. The van der Waals surface area contributed by atoms with Crippen molar-refractivity contribution in [3.05, 3.63) is 101 Å².